The fourth-order valence-corrected chi connectivity index (χ4v) is 1.83. The highest BCUT2D eigenvalue weighted by Crippen LogP contribution is 2.33. The molecule has 0 bridgehead atoms. The van der Waals surface area contributed by atoms with Crippen LogP contribution >= 0.6 is 0 Å². The summed E-state index contributed by atoms with van der Waals surface area (Å²) in [6.07, 6.45) is 3.34. The van der Waals surface area contributed by atoms with Gasteiger partial charge in [0.05, 0.1) is 14.2 Å². The maximum absolute atomic E-state index is 5.30. The van der Waals surface area contributed by atoms with E-state index in [1.54, 1.807) is 26.6 Å². The first-order valence-corrected chi connectivity index (χ1v) is 6.07. The van der Waals surface area contributed by atoms with Crippen LogP contribution in [0.3, 0.4) is 0 Å². The van der Waals surface area contributed by atoms with Crippen molar-refractivity contribution >= 4 is 5.82 Å². The number of rotatable bonds is 5. The van der Waals surface area contributed by atoms with Gasteiger partial charge in [-0.2, -0.15) is 0 Å². The maximum Gasteiger partial charge on any atom is 0.161 e. The highest BCUT2D eigenvalue weighted by Gasteiger charge is 2.10. The molecule has 5 nitrogen and oxygen atoms in total. The Morgan fingerprint density at radius 3 is 2.47 bits per heavy atom. The second-order valence-corrected chi connectivity index (χ2v) is 3.85. The number of hydrogen-bond acceptors (Lipinski definition) is 5. The summed E-state index contributed by atoms with van der Waals surface area (Å²) in [6, 6.07) is 5.69. The summed E-state index contributed by atoms with van der Waals surface area (Å²) in [5.41, 5.74) is 1.73. The third kappa shape index (κ3) is 2.76. The molecular formula is C14H17N3O2. The van der Waals surface area contributed by atoms with Gasteiger partial charge in [-0.05, 0) is 25.1 Å². The average molecular weight is 259 g/mol. The van der Waals surface area contributed by atoms with Crippen molar-refractivity contribution in [3.05, 3.63) is 30.6 Å². The molecule has 0 saturated heterocycles. The van der Waals surface area contributed by atoms with E-state index < -0.39 is 0 Å². The number of hydrogen-bond donors (Lipinski definition) is 1. The van der Waals surface area contributed by atoms with Gasteiger partial charge in [-0.1, -0.05) is 0 Å². The van der Waals surface area contributed by atoms with Crippen molar-refractivity contribution in [3.8, 4) is 22.8 Å². The summed E-state index contributed by atoms with van der Waals surface area (Å²) in [5, 5.41) is 3.20. The first-order chi connectivity index (χ1) is 9.30. The fourth-order valence-electron chi connectivity index (χ4n) is 1.83. The Morgan fingerprint density at radius 1 is 1.05 bits per heavy atom. The quantitative estimate of drug-likeness (QED) is 0.894. The molecule has 2 rings (SSSR count). The van der Waals surface area contributed by atoms with Gasteiger partial charge < -0.3 is 14.8 Å². The van der Waals surface area contributed by atoms with Crippen molar-refractivity contribution in [2.75, 3.05) is 26.1 Å². The first-order valence-electron chi connectivity index (χ1n) is 6.07. The fraction of sp³-hybridized carbons (Fsp3) is 0.286. The van der Waals surface area contributed by atoms with Crippen LogP contribution in [0.5, 0.6) is 11.5 Å². The zero-order valence-electron chi connectivity index (χ0n) is 11.3. The summed E-state index contributed by atoms with van der Waals surface area (Å²) >= 11 is 0. The van der Waals surface area contributed by atoms with Crippen LogP contribution in [0.4, 0.5) is 5.82 Å². The molecule has 0 unspecified atom stereocenters. The topological polar surface area (TPSA) is 56.3 Å². The Balaban J connectivity index is 2.47. The average Bonchev–Trinajstić information content (AvgIpc) is 2.47. The van der Waals surface area contributed by atoms with E-state index in [-0.39, 0.29) is 0 Å². The molecule has 0 atom stereocenters. The minimum absolute atomic E-state index is 0.674. The van der Waals surface area contributed by atoms with E-state index in [2.05, 4.69) is 15.3 Å². The maximum atomic E-state index is 5.30. The lowest BCUT2D eigenvalue weighted by atomic mass is 10.1. The monoisotopic (exact) mass is 259 g/mol. The van der Waals surface area contributed by atoms with Crippen LogP contribution in [0.15, 0.2) is 30.6 Å². The van der Waals surface area contributed by atoms with E-state index in [0.717, 1.165) is 23.6 Å². The molecule has 19 heavy (non-hydrogen) atoms. The molecule has 0 radical (unpaired) electrons. The Labute approximate surface area is 112 Å². The van der Waals surface area contributed by atoms with Crippen molar-refractivity contribution in [2.24, 2.45) is 0 Å². The molecule has 1 aromatic carbocycles. The Bertz CT molecular complexity index is 558. The minimum atomic E-state index is 0.674. The van der Waals surface area contributed by atoms with Crippen LogP contribution < -0.4 is 14.8 Å². The SMILES string of the molecule is CCNc1nccnc1-c1ccc(OC)c(OC)c1. The number of nitrogens with one attached hydrogen (secondary N) is 1. The Hall–Kier alpha value is -2.30. The van der Waals surface area contributed by atoms with Gasteiger partial charge >= 0.3 is 0 Å². The highest BCUT2D eigenvalue weighted by molar-refractivity contribution is 5.73. The third-order valence-corrected chi connectivity index (χ3v) is 2.70. The van der Waals surface area contributed by atoms with Crippen LogP contribution in [-0.4, -0.2) is 30.7 Å². The molecule has 0 amide bonds. The van der Waals surface area contributed by atoms with Crippen molar-refractivity contribution < 1.29 is 9.47 Å². The molecule has 100 valence electrons. The summed E-state index contributed by atoms with van der Waals surface area (Å²) in [5.74, 6) is 2.13. The molecule has 5 heteroatoms. The second kappa shape index (κ2) is 6.04. The zero-order chi connectivity index (χ0) is 13.7. The number of anilines is 1. The van der Waals surface area contributed by atoms with Crippen LogP contribution in [0.1, 0.15) is 6.92 Å². The van der Waals surface area contributed by atoms with Gasteiger partial charge in [0.2, 0.25) is 0 Å². The van der Waals surface area contributed by atoms with E-state index in [0.29, 0.717) is 11.5 Å². The minimum Gasteiger partial charge on any atom is -0.493 e. The summed E-state index contributed by atoms with van der Waals surface area (Å²) in [7, 11) is 3.23. The molecule has 2 aromatic rings. The van der Waals surface area contributed by atoms with Gasteiger partial charge in [0.25, 0.3) is 0 Å². The van der Waals surface area contributed by atoms with Gasteiger partial charge in [-0.25, -0.2) is 4.98 Å². The predicted molar refractivity (Wildman–Crippen MR) is 74.7 cm³/mol. The zero-order valence-corrected chi connectivity index (χ0v) is 11.3. The number of ether oxygens (including phenoxy) is 2. The molecule has 0 spiro atoms. The van der Waals surface area contributed by atoms with Gasteiger partial charge in [-0.3, -0.25) is 4.98 Å². The van der Waals surface area contributed by atoms with Gasteiger partial charge in [0.15, 0.2) is 17.3 Å². The molecule has 0 saturated carbocycles. The van der Waals surface area contributed by atoms with E-state index in [4.69, 9.17) is 9.47 Å². The number of aromatic nitrogens is 2. The molecule has 0 fully saturated rings. The number of methoxy groups -OCH3 is 2. The van der Waals surface area contributed by atoms with Crippen LogP contribution in [0.25, 0.3) is 11.3 Å². The Kier molecular flexibility index (Phi) is 4.18. The van der Waals surface area contributed by atoms with E-state index in [1.807, 2.05) is 25.1 Å². The molecule has 1 aromatic heterocycles. The summed E-state index contributed by atoms with van der Waals surface area (Å²) in [6.45, 7) is 2.81. The molecule has 0 aliphatic carbocycles. The van der Waals surface area contributed by atoms with Crippen molar-refractivity contribution in [3.63, 3.8) is 0 Å². The summed E-state index contributed by atoms with van der Waals surface area (Å²) < 4.78 is 10.5. The highest BCUT2D eigenvalue weighted by atomic mass is 16.5. The summed E-state index contributed by atoms with van der Waals surface area (Å²) in [4.78, 5) is 8.67. The van der Waals surface area contributed by atoms with Crippen LogP contribution in [-0.2, 0) is 0 Å². The molecular weight excluding hydrogens is 242 g/mol. The van der Waals surface area contributed by atoms with Crippen molar-refractivity contribution in [1.29, 1.82) is 0 Å². The van der Waals surface area contributed by atoms with Crippen LogP contribution in [0.2, 0.25) is 0 Å². The largest absolute Gasteiger partial charge is 0.493 e. The van der Waals surface area contributed by atoms with E-state index >= 15 is 0 Å². The predicted octanol–water partition coefficient (Wildman–Crippen LogP) is 2.59. The van der Waals surface area contributed by atoms with Gasteiger partial charge in [-0.15, -0.1) is 0 Å². The van der Waals surface area contributed by atoms with Gasteiger partial charge in [0.1, 0.15) is 5.69 Å². The lowest BCUT2D eigenvalue weighted by Gasteiger charge is -2.11. The lowest BCUT2D eigenvalue weighted by Crippen LogP contribution is -2.02. The first kappa shape index (κ1) is 13.1. The Morgan fingerprint density at radius 2 is 1.79 bits per heavy atom. The normalized spacial score (nSPS) is 10.1. The molecule has 1 N–H and O–H groups in total. The molecule has 0 aliphatic heterocycles. The molecule has 0 aliphatic rings. The van der Waals surface area contributed by atoms with E-state index in [1.165, 1.54) is 0 Å². The smallest absolute Gasteiger partial charge is 0.161 e. The van der Waals surface area contributed by atoms with Gasteiger partial charge in [0, 0.05) is 24.5 Å². The van der Waals surface area contributed by atoms with Crippen molar-refractivity contribution in [1.82, 2.24) is 9.97 Å². The lowest BCUT2D eigenvalue weighted by molar-refractivity contribution is 0.355. The number of benzene rings is 1. The second-order valence-electron chi connectivity index (χ2n) is 3.85. The number of nitrogens with zero attached hydrogens (tertiary/aromatic N) is 2. The third-order valence-electron chi connectivity index (χ3n) is 2.70. The van der Waals surface area contributed by atoms with Crippen LogP contribution in [0, 0.1) is 0 Å². The standard InChI is InChI=1S/C14H17N3O2/c1-4-15-14-13(16-7-8-17-14)10-5-6-11(18-2)12(9-10)19-3/h5-9H,4H2,1-3H3,(H,15,17). The van der Waals surface area contributed by atoms with E-state index in [9.17, 15) is 0 Å². The molecule has 1 heterocycles. The van der Waals surface area contributed by atoms with Crippen molar-refractivity contribution in [2.45, 2.75) is 6.92 Å².